The molecular weight excluding hydrogens is 210 g/mol. The van der Waals surface area contributed by atoms with Crippen molar-refractivity contribution >= 4 is 0 Å². The highest BCUT2D eigenvalue weighted by Crippen LogP contribution is 2.36. The molecule has 0 bridgehead atoms. The van der Waals surface area contributed by atoms with Gasteiger partial charge < -0.3 is 19.7 Å². The molecule has 1 aromatic heterocycles. The van der Waals surface area contributed by atoms with Gasteiger partial charge in [-0.1, -0.05) is 5.16 Å². The van der Waals surface area contributed by atoms with Gasteiger partial charge in [-0.05, 0) is 12.8 Å². The Morgan fingerprint density at radius 3 is 2.94 bits per heavy atom. The Morgan fingerprint density at radius 1 is 1.38 bits per heavy atom. The molecule has 3 rings (SSSR count). The smallest absolute Gasteiger partial charge is 0.230 e. The molecule has 0 spiro atoms. The SMILES string of the molecule is OC1CC(c2nc(C3COCCN3)no2)C1. The van der Waals surface area contributed by atoms with E-state index in [4.69, 9.17) is 9.26 Å². The third kappa shape index (κ3) is 1.83. The van der Waals surface area contributed by atoms with Crippen LogP contribution in [0.1, 0.15) is 36.5 Å². The fourth-order valence-corrected chi connectivity index (χ4v) is 2.08. The summed E-state index contributed by atoms with van der Waals surface area (Å²) in [4.78, 5) is 4.36. The molecule has 6 nitrogen and oxygen atoms in total. The molecule has 0 amide bonds. The predicted molar refractivity (Wildman–Crippen MR) is 53.8 cm³/mol. The Morgan fingerprint density at radius 2 is 2.25 bits per heavy atom. The van der Waals surface area contributed by atoms with E-state index in [1.165, 1.54) is 0 Å². The number of aromatic nitrogens is 2. The fourth-order valence-electron chi connectivity index (χ4n) is 2.08. The number of rotatable bonds is 2. The minimum absolute atomic E-state index is 0.0382. The Bertz CT molecular complexity index is 356. The summed E-state index contributed by atoms with van der Waals surface area (Å²) in [6.07, 6.45) is 1.27. The van der Waals surface area contributed by atoms with E-state index in [1.54, 1.807) is 0 Å². The zero-order chi connectivity index (χ0) is 11.0. The summed E-state index contributed by atoms with van der Waals surface area (Å²) in [5.74, 6) is 1.55. The first kappa shape index (κ1) is 10.2. The standard InChI is InChI=1S/C10H15N3O3/c14-7-3-6(4-7)10-12-9(13-16-10)8-5-15-2-1-11-8/h6-8,11,14H,1-5H2. The molecule has 2 aliphatic rings. The third-order valence-corrected chi connectivity index (χ3v) is 3.15. The van der Waals surface area contributed by atoms with E-state index < -0.39 is 0 Å². The summed E-state index contributed by atoms with van der Waals surface area (Å²) in [7, 11) is 0. The summed E-state index contributed by atoms with van der Waals surface area (Å²) < 4.78 is 10.5. The summed E-state index contributed by atoms with van der Waals surface area (Å²) in [6, 6.07) is 0.0382. The van der Waals surface area contributed by atoms with Crippen LogP contribution in [0, 0.1) is 0 Å². The molecule has 2 fully saturated rings. The highest BCUT2D eigenvalue weighted by molar-refractivity contribution is 5.03. The fraction of sp³-hybridized carbons (Fsp3) is 0.800. The van der Waals surface area contributed by atoms with Gasteiger partial charge >= 0.3 is 0 Å². The molecular formula is C10H15N3O3. The Hall–Kier alpha value is -0.980. The molecule has 6 heteroatoms. The van der Waals surface area contributed by atoms with Gasteiger partial charge in [-0.25, -0.2) is 0 Å². The number of aliphatic hydroxyl groups excluding tert-OH is 1. The maximum absolute atomic E-state index is 9.21. The molecule has 16 heavy (non-hydrogen) atoms. The third-order valence-electron chi connectivity index (χ3n) is 3.15. The quantitative estimate of drug-likeness (QED) is 0.735. The molecule has 0 radical (unpaired) electrons. The molecule has 1 saturated heterocycles. The average molecular weight is 225 g/mol. The predicted octanol–water partition coefficient (Wildman–Crippen LogP) is -0.0312. The van der Waals surface area contributed by atoms with Gasteiger partial charge in [-0.3, -0.25) is 0 Å². The van der Waals surface area contributed by atoms with Crippen LogP contribution in [0.5, 0.6) is 0 Å². The Kier molecular flexibility index (Phi) is 2.62. The number of ether oxygens (including phenoxy) is 1. The lowest BCUT2D eigenvalue weighted by molar-refractivity contribution is 0.0624. The minimum atomic E-state index is -0.198. The van der Waals surface area contributed by atoms with Crippen molar-refractivity contribution in [1.82, 2.24) is 15.5 Å². The van der Waals surface area contributed by atoms with Crippen LogP contribution < -0.4 is 5.32 Å². The normalized spacial score (nSPS) is 34.7. The van der Waals surface area contributed by atoms with Crippen LogP contribution in [0.4, 0.5) is 0 Å². The highest BCUT2D eigenvalue weighted by Gasteiger charge is 2.33. The number of hydrogen-bond acceptors (Lipinski definition) is 6. The molecule has 1 aliphatic heterocycles. The van der Waals surface area contributed by atoms with Crippen molar-refractivity contribution in [2.24, 2.45) is 0 Å². The van der Waals surface area contributed by atoms with Crippen molar-refractivity contribution in [3.8, 4) is 0 Å². The Labute approximate surface area is 93.0 Å². The second-order valence-electron chi connectivity index (χ2n) is 4.39. The average Bonchev–Trinajstić information content (AvgIpc) is 2.75. The Balaban J connectivity index is 1.67. The van der Waals surface area contributed by atoms with E-state index in [-0.39, 0.29) is 18.1 Å². The second kappa shape index (κ2) is 4.12. The van der Waals surface area contributed by atoms with Crippen LogP contribution in [-0.2, 0) is 4.74 Å². The summed E-state index contributed by atoms with van der Waals surface area (Å²) in [6.45, 7) is 2.14. The van der Waals surface area contributed by atoms with Crippen molar-refractivity contribution in [2.45, 2.75) is 30.9 Å². The van der Waals surface area contributed by atoms with Gasteiger partial charge in [-0.15, -0.1) is 0 Å². The lowest BCUT2D eigenvalue weighted by Gasteiger charge is -2.27. The number of nitrogens with zero attached hydrogens (tertiary/aromatic N) is 2. The maximum Gasteiger partial charge on any atom is 0.230 e. The first-order valence-corrected chi connectivity index (χ1v) is 5.65. The molecule has 0 aromatic carbocycles. The van der Waals surface area contributed by atoms with Crippen molar-refractivity contribution in [3.63, 3.8) is 0 Å². The van der Waals surface area contributed by atoms with E-state index >= 15 is 0 Å². The summed E-state index contributed by atoms with van der Waals surface area (Å²) >= 11 is 0. The van der Waals surface area contributed by atoms with Gasteiger partial charge in [0.2, 0.25) is 5.89 Å². The van der Waals surface area contributed by atoms with Gasteiger partial charge in [0.1, 0.15) is 0 Å². The zero-order valence-corrected chi connectivity index (χ0v) is 8.93. The topological polar surface area (TPSA) is 80.4 Å². The molecule has 1 saturated carbocycles. The first-order chi connectivity index (χ1) is 7.83. The molecule has 2 N–H and O–H groups in total. The van der Waals surface area contributed by atoms with Crippen molar-refractivity contribution in [2.75, 3.05) is 19.8 Å². The molecule has 88 valence electrons. The monoisotopic (exact) mass is 225 g/mol. The number of morpholine rings is 1. The summed E-state index contributed by atoms with van der Waals surface area (Å²) in [5, 5.41) is 16.4. The zero-order valence-electron chi connectivity index (χ0n) is 8.93. The molecule has 1 atom stereocenters. The van der Waals surface area contributed by atoms with E-state index in [0.717, 1.165) is 26.0 Å². The minimum Gasteiger partial charge on any atom is -0.393 e. The van der Waals surface area contributed by atoms with Gasteiger partial charge in [0.05, 0.1) is 25.4 Å². The number of nitrogens with one attached hydrogen (secondary N) is 1. The maximum atomic E-state index is 9.21. The van der Waals surface area contributed by atoms with Crippen LogP contribution >= 0.6 is 0 Å². The van der Waals surface area contributed by atoms with Crippen LogP contribution in [0.3, 0.4) is 0 Å². The van der Waals surface area contributed by atoms with Gasteiger partial charge in [0.15, 0.2) is 5.82 Å². The molecule has 1 unspecified atom stereocenters. The lowest BCUT2D eigenvalue weighted by Crippen LogP contribution is -2.35. The molecule has 1 aliphatic carbocycles. The van der Waals surface area contributed by atoms with Crippen molar-refractivity contribution in [3.05, 3.63) is 11.7 Å². The van der Waals surface area contributed by atoms with Gasteiger partial charge in [0, 0.05) is 12.5 Å². The first-order valence-electron chi connectivity index (χ1n) is 5.65. The van der Waals surface area contributed by atoms with Crippen molar-refractivity contribution < 1.29 is 14.4 Å². The van der Waals surface area contributed by atoms with Crippen LogP contribution in [-0.4, -0.2) is 41.1 Å². The van der Waals surface area contributed by atoms with E-state index in [2.05, 4.69) is 15.5 Å². The van der Waals surface area contributed by atoms with Crippen molar-refractivity contribution in [1.29, 1.82) is 0 Å². The van der Waals surface area contributed by atoms with Gasteiger partial charge in [-0.2, -0.15) is 4.98 Å². The van der Waals surface area contributed by atoms with E-state index in [0.29, 0.717) is 18.3 Å². The largest absolute Gasteiger partial charge is 0.393 e. The summed E-state index contributed by atoms with van der Waals surface area (Å²) in [5.41, 5.74) is 0. The lowest BCUT2D eigenvalue weighted by atomic mass is 9.82. The van der Waals surface area contributed by atoms with E-state index in [1.807, 2.05) is 0 Å². The van der Waals surface area contributed by atoms with E-state index in [9.17, 15) is 5.11 Å². The highest BCUT2D eigenvalue weighted by atomic mass is 16.5. The van der Waals surface area contributed by atoms with Crippen LogP contribution in [0.2, 0.25) is 0 Å². The van der Waals surface area contributed by atoms with Crippen LogP contribution in [0.15, 0.2) is 4.52 Å². The van der Waals surface area contributed by atoms with Crippen LogP contribution in [0.25, 0.3) is 0 Å². The second-order valence-corrected chi connectivity index (χ2v) is 4.39. The molecule has 2 heterocycles. The van der Waals surface area contributed by atoms with Gasteiger partial charge in [0.25, 0.3) is 0 Å². The number of aliphatic hydroxyl groups is 1. The molecule has 1 aromatic rings. The number of hydrogen-bond donors (Lipinski definition) is 2.